The van der Waals surface area contributed by atoms with Gasteiger partial charge in [-0.15, -0.1) is 0 Å². The highest BCUT2D eigenvalue weighted by Crippen LogP contribution is 2.20. The number of aromatic amines is 1. The number of carbonyl (C=O) groups is 3. The highest BCUT2D eigenvalue weighted by Gasteiger charge is 2.27. The fourth-order valence-corrected chi connectivity index (χ4v) is 4.49. The van der Waals surface area contributed by atoms with Crippen molar-refractivity contribution in [3.8, 4) is 0 Å². The van der Waals surface area contributed by atoms with Gasteiger partial charge in [0.25, 0.3) is 0 Å². The molecule has 0 fully saturated rings. The van der Waals surface area contributed by atoms with E-state index in [1.54, 1.807) is 0 Å². The van der Waals surface area contributed by atoms with Gasteiger partial charge in [0.2, 0.25) is 17.7 Å². The number of rotatable bonds is 11. The molecule has 0 aliphatic rings. The van der Waals surface area contributed by atoms with E-state index < -0.39 is 18.0 Å². The standard InChI is InChI=1S/C29H33N5O3/c1-19(35)33-27(17-23-18-32-25-10-5-4-9-24(23)25)29(37)34-26(28(36)31-14-6-13-30)16-20-11-12-21-7-2-3-8-22(21)15-20/h2-5,7-12,15,18,26-27,32H,6,13-14,16-17,30H2,1H3,(H,31,36)(H,33,35)(H,34,37)/t26-,27?/m0/s1. The van der Waals surface area contributed by atoms with Gasteiger partial charge in [-0.1, -0.05) is 60.7 Å². The van der Waals surface area contributed by atoms with Crippen molar-refractivity contribution in [3.63, 3.8) is 0 Å². The normalized spacial score (nSPS) is 12.7. The number of hydrogen-bond donors (Lipinski definition) is 5. The van der Waals surface area contributed by atoms with Crippen molar-refractivity contribution in [2.24, 2.45) is 5.73 Å². The maximum atomic E-state index is 13.5. The van der Waals surface area contributed by atoms with E-state index in [0.717, 1.165) is 32.8 Å². The topological polar surface area (TPSA) is 129 Å². The van der Waals surface area contributed by atoms with E-state index in [-0.39, 0.29) is 18.2 Å². The number of benzene rings is 3. The first-order valence-corrected chi connectivity index (χ1v) is 12.5. The molecule has 3 aromatic carbocycles. The molecule has 4 rings (SSSR count). The lowest BCUT2D eigenvalue weighted by molar-refractivity contribution is -0.131. The quantitative estimate of drug-likeness (QED) is 0.203. The summed E-state index contributed by atoms with van der Waals surface area (Å²) in [4.78, 5) is 41.7. The number of H-pyrrole nitrogens is 1. The molecule has 0 radical (unpaired) electrons. The molecule has 0 aliphatic heterocycles. The summed E-state index contributed by atoms with van der Waals surface area (Å²) in [6, 6.07) is 20.1. The highest BCUT2D eigenvalue weighted by molar-refractivity contribution is 5.93. The van der Waals surface area contributed by atoms with Crippen molar-refractivity contribution in [1.29, 1.82) is 0 Å². The minimum absolute atomic E-state index is 0.285. The summed E-state index contributed by atoms with van der Waals surface area (Å²) in [7, 11) is 0. The minimum atomic E-state index is -0.840. The molecule has 0 saturated heterocycles. The summed E-state index contributed by atoms with van der Waals surface area (Å²) in [6.07, 6.45) is 3.08. The van der Waals surface area contributed by atoms with Gasteiger partial charge in [-0.2, -0.15) is 0 Å². The van der Waals surface area contributed by atoms with Gasteiger partial charge < -0.3 is 26.7 Å². The second-order valence-corrected chi connectivity index (χ2v) is 9.20. The summed E-state index contributed by atoms with van der Waals surface area (Å²) in [6.45, 7) is 2.25. The third kappa shape index (κ3) is 6.74. The Morgan fingerprint density at radius 3 is 2.38 bits per heavy atom. The third-order valence-corrected chi connectivity index (χ3v) is 6.36. The van der Waals surface area contributed by atoms with Crippen LogP contribution in [0.4, 0.5) is 0 Å². The molecule has 3 amide bonds. The van der Waals surface area contributed by atoms with Gasteiger partial charge in [0.15, 0.2) is 0 Å². The van der Waals surface area contributed by atoms with Crippen LogP contribution in [-0.4, -0.2) is 47.9 Å². The minimum Gasteiger partial charge on any atom is -0.361 e. The zero-order chi connectivity index (χ0) is 26.2. The third-order valence-electron chi connectivity index (χ3n) is 6.36. The second kappa shape index (κ2) is 12.2. The Balaban J connectivity index is 1.55. The maximum absolute atomic E-state index is 13.5. The van der Waals surface area contributed by atoms with E-state index >= 15 is 0 Å². The largest absolute Gasteiger partial charge is 0.361 e. The first-order valence-electron chi connectivity index (χ1n) is 12.5. The molecule has 2 atom stereocenters. The lowest BCUT2D eigenvalue weighted by Crippen LogP contribution is -2.55. The van der Waals surface area contributed by atoms with E-state index in [9.17, 15) is 14.4 Å². The summed E-state index contributed by atoms with van der Waals surface area (Å²) in [5, 5.41) is 11.7. The van der Waals surface area contributed by atoms with Gasteiger partial charge >= 0.3 is 0 Å². The van der Waals surface area contributed by atoms with Gasteiger partial charge in [0.1, 0.15) is 12.1 Å². The van der Waals surface area contributed by atoms with Crippen LogP contribution in [-0.2, 0) is 27.2 Å². The second-order valence-electron chi connectivity index (χ2n) is 9.20. The number of carbonyl (C=O) groups excluding carboxylic acids is 3. The molecule has 1 aromatic heterocycles. The van der Waals surface area contributed by atoms with Gasteiger partial charge in [-0.05, 0) is 40.9 Å². The van der Waals surface area contributed by atoms with E-state index in [2.05, 4.69) is 20.9 Å². The Kier molecular flexibility index (Phi) is 8.53. The number of aromatic nitrogens is 1. The molecule has 8 heteroatoms. The summed E-state index contributed by atoms with van der Waals surface area (Å²) in [5.41, 5.74) is 8.35. The number of hydrogen-bond acceptors (Lipinski definition) is 4. The van der Waals surface area contributed by atoms with E-state index in [0.29, 0.717) is 25.9 Å². The molecule has 0 spiro atoms. The Labute approximate surface area is 216 Å². The monoisotopic (exact) mass is 499 g/mol. The zero-order valence-electron chi connectivity index (χ0n) is 20.9. The number of amides is 3. The highest BCUT2D eigenvalue weighted by atomic mass is 16.2. The average molecular weight is 500 g/mol. The van der Waals surface area contributed by atoms with Crippen molar-refractivity contribution >= 4 is 39.4 Å². The summed E-state index contributed by atoms with van der Waals surface area (Å²) >= 11 is 0. The van der Waals surface area contributed by atoms with Crippen molar-refractivity contribution in [1.82, 2.24) is 20.9 Å². The van der Waals surface area contributed by atoms with Crippen LogP contribution >= 0.6 is 0 Å². The van der Waals surface area contributed by atoms with Crippen molar-refractivity contribution in [2.45, 2.75) is 38.3 Å². The predicted molar refractivity (Wildman–Crippen MR) is 146 cm³/mol. The number of fused-ring (bicyclic) bond motifs is 2. The Hall–Kier alpha value is -4.17. The Morgan fingerprint density at radius 2 is 1.59 bits per heavy atom. The van der Waals surface area contributed by atoms with Crippen LogP contribution in [0.1, 0.15) is 24.5 Å². The molecule has 0 bridgehead atoms. The van der Waals surface area contributed by atoms with Crippen LogP contribution in [0.25, 0.3) is 21.7 Å². The van der Waals surface area contributed by atoms with Gasteiger partial charge in [0, 0.05) is 43.4 Å². The Morgan fingerprint density at radius 1 is 0.865 bits per heavy atom. The first-order chi connectivity index (χ1) is 17.9. The number of nitrogens with two attached hydrogens (primary N) is 1. The first kappa shape index (κ1) is 25.9. The van der Waals surface area contributed by atoms with Crippen molar-refractivity contribution in [3.05, 3.63) is 84.1 Å². The molecule has 1 heterocycles. The molecule has 6 N–H and O–H groups in total. The van der Waals surface area contributed by atoms with Gasteiger partial charge in [-0.25, -0.2) is 0 Å². The van der Waals surface area contributed by atoms with Gasteiger partial charge in [0.05, 0.1) is 0 Å². The molecular formula is C29H33N5O3. The van der Waals surface area contributed by atoms with E-state index in [1.807, 2.05) is 72.9 Å². The zero-order valence-corrected chi connectivity index (χ0v) is 20.9. The smallest absolute Gasteiger partial charge is 0.243 e. The van der Waals surface area contributed by atoms with Crippen LogP contribution in [0.5, 0.6) is 0 Å². The van der Waals surface area contributed by atoms with Crippen molar-refractivity contribution in [2.75, 3.05) is 13.1 Å². The molecule has 8 nitrogen and oxygen atoms in total. The SMILES string of the molecule is CC(=O)NC(Cc1c[nH]c2ccccc12)C(=O)N[C@@H](Cc1ccc2ccccc2c1)C(=O)NCCCN. The van der Waals surface area contributed by atoms with Crippen molar-refractivity contribution < 1.29 is 14.4 Å². The number of para-hydroxylation sites is 1. The fraction of sp³-hybridized carbons (Fsp3) is 0.276. The van der Waals surface area contributed by atoms with E-state index in [1.165, 1.54) is 6.92 Å². The van der Waals surface area contributed by atoms with Crippen LogP contribution in [0, 0.1) is 0 Å². The molecule has 1 unspecified atom stereocenters. The molecular weight excluding hydrogens is 466 g/mol. The predicted octanol–water partition coefficient (Wildman–Crippen LogP) is 2.56. The summed E-state index contributed by atoms with van der Waals surface area (Å²) < 4.78 is 0. The molecule has 37 heavy (non-hydrogen) atoms. The Bertz CT molecular complexity index is 1400. The van der Waals surface area contributed by atoms with Crippen LogP contribution < -0.4 is 21.7 Å². The molecule has 0 saturated carbocycles. The lowest BCUT2D eigenvalue weighted by atomic mass is 10.00. The average Bonchev–Trinajstić information content (AvgIpc) is 3.30. The lowest BCUT2D eigenvalue weighted by Gasteiger charge is -2.23. The fourth-order valence-electron chi connectivity index (χ4n) is 4.49. The molecule has 0 aliphatic carbocycles. The molecule has 4 aromatic rings. The van der Waals surface area contributed by atoms with Crippen LogP contribution in [0.15, 0.2) is 72.9 Å². The molecule has 192 valence electrons. The summed E-state index contributed by atoms with van der Waals surface area (Å²) in [5.74, 6) is -1.03. The van der Waals surface area contributed by atoms with Gasteiger partial charge in [-0.3, -0.25) is 14.4 Å². The maximum Gasteiger partial charge on any atom is 0.243 e. The van der Waals surface area contributed by atoms with Crippen LogP contribution in [0.2, 0.25) is 0 Å². The van der Waals surface area contributed by atoms with Crippen LogP contribution in [0.3, 0.4) is 0 Å². The number of nitrogens with one attached hydrogen (secondary N) is 4. The van der Waals surface area contributed by atoms with E-state index in [4.69, 9.17) is 5.73 Å².